The minimum Gasteiger partial charge on any atom is -0.494 e. The summed E-state index contributed by atoms with van der Waals surface area (Å²) >= 11 is 0. The first-order valence-electron chi connectivity index (χ1n) is 6.43. The molecule has 0 aliphatic heterocycles. The van der Waals surface area contributed by atoms with Gasteiger partial charge in [-0.25, -0.2) is 0 Å². The van der Waals surface area contributed by atoms with Crippen LogP contribution in [0.4, 0.5) is 0 Å². The molecule has 100 valence electrons. The zero-order chi connectivity index (χ0) is 13.5. The van der Waals surface area contributed by atoms with Gasteiger partial charge in [-0.05, 0) is 36.8 Å². The van der Waals surface area contributed by atoms with E-state index in [-0.39, 0.29) is 6.61 Å². The Labute approximate surface area is 113 Å². The van der Waals surface area contributed by atoms with Crippen LogP contribution in [0.1, 0.15) is 18.9 Å². The summed E-state index contributed by atoms with van der Waals surface area (Å²) in [6.07, 6.45) is 0.988. The van der Waals surface area contributed by atoms with Gasteiger partial charge in [0.1, 0.15) is 17.2 Å². The summed E-state index contributed by atoms with van der Waals surface area (Å²) in [5.41, 5.74) is 0.772. The Hall–Kier alpha value is -2.00. The molecule has 0 aliphatic carbocycles. The SMILES string of the molecule is CCCOc1ccc(Oc2ccccc2CO)cc1. The van der Waals surface area contributed by atoms with Crippen LogP contribution in [0.2, 0.25) is 0 Å². The van der Waals surface area contributed by atoms with E-state index in [0.717, 1.165) is 23.5 Å². The highest BCUT2D eigenvalue weighted by Crippen LogP contribution is 2.26. The lowest BCUT2D eigenvalue weighted by molar-refractivity contribution is 0.276. The smallest absolute Gasteiger partial charge is 0.132 e. The third-order valence-electron chi connectivity index (χ3n) is 2.67. The number of aliphatic hydroxyl groups is 1. The van der Waals surface area contributed by atoms with Crippen molar-refractivity contribution in [2.24, 2.45) is 0 Å². The molecule has 19 heavy (non-hydrogen) atoms. The zero-order valence-electron chi connectivity index (χ0n) is 11.0. The maximum Gasteiger partial charge on any atom is 0.132 e. The van der Waals surface area contributed by atoms with Crippen LogP contribution >= 0.6 is 0 Å². The summed E-state index contributed by atoms with van der Waals surface area (Å²) in [5.74, 6) is 2.24. The Balaban J connectivity index is 2.06. The minimum atomic E-state index is -0.0339. The van der Waals surface area contributed by atoms with E-state index in [2.05, 4.69) is 6.92 Å². The van der Waals surface area contributed by atoms with Gasteiger partial charge in [-0.1, -0.05) is 25.1 Å². The Morgan fingerprint density at radius 2 is 1.63 bits per heavy atom. The highest BCUT2D eigenvalue weighted by molar-refractivity contribution is 5.39. The van der Waals surface area contributed by atoms with Gasteiger partial charge in [-0.15, -0.1) is 0 Å². The van der Waals surface area contributed by atoms with Crippen molar-refractivity contribution in [2.75, 3.05) is 6.61 Å². The molecule has 0 aliphatic rings. The average molecular weight is 258 g/mol. The van der Waals surface area contributed by atoms with Crippen molar-refractivity contribution in [1.82, 2.24) is 0 Å². The largest absolute Gasteiger partial charge is 0.494 e. The van der Waals surface area contributed by atoms with E-state index in [1.54, 1.807) is 0 Å². The van der Waals surface area contributed by atoms with Gasteiger partial charge >= 0.3 is 0 Å². The van der Waals surface area contributed by atoms with E-state index in [1.165, 1.54) is 0 Å². The molecule has 0 atom stereocenters. The predicted octanol–water partition coefficient (Wildman–Crippen LogP) is 3.76. The van der Waals surface area contributed by atoms with E-state index in [0.29, 0.717) is 12.4 Å². The topological polar surface area (TPSA) is 38.7 Å². The number of aliphatic hydroxyl groups excluding tert-OH is 1. The Morgan fingerprint density at radius 1 is 0.947 bits per heavy atom. The molecule has 2 aromatic carbocycles. The fourth-order valence-electron chi connectivity index (χ4n) is 1.68. The molecule has 0 aromatic heterocycles. The molecule has 0 saturated heterocycles. The van der Waals surface area contributed by atoms with Crippen molar-refractivity contribution in [2.45, 2.75) is 20.0 Å². The van der Waals surface area contributed by atoms with E-state index in [1.807, 2.05) is 48.5 Å². The summed E-state index contributed by atoms with van der Waals surface area (Å²) in [6.45, 7) is 2.75. The van der Waals surface area contributed by atoms with Gasteiger partial charge in [-0.2, -0.15) is 0 Å². The van der Waals surface area contributed by atoms with Crippen molar-refractivity contribution in [1.29, 1.82) is 0 Å². The van der Waals surface area contributed by atoms with E-state index < -0.39 is 0 Å². The van der Waals surface area contributed by atoms with Gasteiger partial charge in [0.25, 0.3) is 0 Å². The van der Waals surface area contributed by atoms with Crippen molar-refractivity contribution in [3.05, 3.63) is 54.1 Å². The Kier molecular flexibility index (Phi) is 4.81. The van der Waals surface area contributed by atoms with Crippen molar-refractivity contribution < 1.29 is 14.6 Å². The summed E-state index contributed by atoms with van der Waals surface area (Å²) in [7, 11) is 0. The summed E-state index contributed by atoms with van der Waals surface area (Å²) in [6, 6.07) is 14.9. The summed E-state index contributed by atoms with van der Waals surface area (Å²) in [4.78, 5) is 0. The number of para-hydroxylation sites is 1. The van der Waals surface area contributed by atoms with Crippen molar-refractivity contribution in [3.63, 3.8) is 0 Å². The van der Waals surface area contributed by atoms with Gasteiger partial charge in [0.05, 0.1) is 13.2 Å². The molecule has 0 saturated carbocycles. The summed E-state index contributed by atoms with van der Waals surface area (Å²) in [5, 5.41) is 9.24. The molecule has 0 amide bonds. The predicted molar refractivity (Wildman–Crippen MR) is 74.7 cm³/mol. The normalized spacial score (nSPS) is 10.2. The highest BCUT2D eigenvalue weighted by Gasteiger charge is 2.03. The molecular weight excluding hydrogens is 240 g/mol. The second-order valence-electron chi connectivity index (χ2n) is 4.19. The molecule has 2 aromatic rings. The van der Waals surface area contributed by atoms with Gasteiger partial charge in [-0.3, -0.25) is 0 Å². The molecule has 0 heterocycles. The Bertz CT molecular complexity index is 506. The maximum absolute atomic E-state index is 9.24. The number of rotatable bonds is 6. The third-order valence-corrected chi connectivity index (χ3v) is 2.67. The Morgan fingerprint density at radius 3 is 2.32 bits per heavy atom. The number of benzene rings is 2. The molecule has 0 unspecified atom stereocenters. The molecule has 0 spiro atoms. The number of ether oxygens (including phenoxy) is 2. The first-order valence-corrected chi connectivity index (χ1v) is 6.43. The second-order valence-corrected chi connectivity index (χ2v) is 4.19. The lowest BCUT2D eigenvalue weighted by atomic mass is 10.2. The van der Waals surface area contributed by atoms with Crippen LogP contribution in [0.25, 0.3) is 0 Å². The number of hydrogen-bond acceptors (Lipinski definition) is 3. The van der Waals surface area contributed by atoms with Crippen LogP contribution in [-0.2, 0) is 6.61 Å². The van der Waals surface area contributed by atoms with Gasteiger partial charge in [0, 0.05) is 5.56 Å². The number of hydrogen-bond donors (Lipinski definition) is 1. The monoisotopic (exact) mass is 258 g/mol. The van der Waals surface area contributed by atoms with Crippen molar-refractivity contribution >= 4 is 0 Å². The standard InChI is InChI=1S/C16H18O3/c1-2-11-18-14-7-9-15(10-8-14)19-16-6-4-3-5-13(16)12-17/h3-10,17H,2,11-12H2,1H3. The third kappa shape index (κ3) is 3.73. The zero-order valence-corrected chi connectivity index (χ0v) is 11.0. The van der Waals surface area contributed by atoms with Crippen LogP contribution in [-0.4, -0.2) is 11.7 Å². The molecule has 2 rings (SSSR count). The van der Waals surface area contributed by atoms with E-state index in [4.69, 9.17) is 9.47 Å². The van der Waals surface area contributed by atoms with Crippen LogP contribution in [0.15, 0.2) is 48.5 Å². The van der Waals surface area contributed by atoms with Crippen LogP contribution < -0.4 is 9.47 Å². The van der Waals surface area contributed by atoms with E-state index >= 15 is 0 Å². The molecule has 0 radical (unpaired) electrons. The van der Waals surface area contributed by atoms with E-state index in [9.17, 15) is 5.11 Å². The molecule has 0 bridgehead atoms. The maximum atomic E-state index is 9.24. The second kappa shape index (κ2) is 6.81. The average Bonchev–Trinajstić information content (AvgIpc) is 2.47. The fraction of sp³-hybridized carbons (Fsp3) is 0.250. The van der Waals surface area contributed by atoms with Gasteiger partial charge in [0.15, 0.2) is 0 Å². The highest BCUT2D eigenvalue weighted by atomic mass is 16.5. The summed E-state index contributed by atoms with van der Waals surface area (Å²) < 4.78 is 11.3. The molecule has 3 heteroatoms. The first-order chi connectivity index (χ1) is 9.33. The quantitative estimate of drug-likeness (QED) is 0.857. The van der Waals surface area contributed by atoms with Crippen LogP contribution in [0.3, 0.4) is 0 Å². The molecule has 1 N–H and O–H groups in total. The first kappa shape index (κ1) is 13.4. The van der Waals surface area contributed by atoms with Crippen LogP contribution in [0, 0.1) is 0 Å². The minimum absolute atomic E-state index is 0.0339. The lowest BCUT2D eigenvalue weighted by Gasteiger charge is -2.10. The lowest BCUT2D eigenvalue weighted by Crippen LogP contribution is -1.95. The van der Waals surface area contributed by atoms with Crippen molar-refractivity contribution in [3.8, 4) is 17.2 Å². The van der Waals surface area contributed by atoms with Gasteiger partial charge < -0.3 is 14.6 Å². The molecule has 3 nitrogen and oxygen atoms in total. The fourth-order valence-corrected chi connectivity index (χ4v) is 1.68. The van der Waals surface area contributed by atoms with Gasteiger partial charge in [0.2, 0.25) is 0 Å². The molecular formula is C16H18O3. The van der Waals surface area contributed by atoms with Crippen LogP contribution in [0.5, 0.6) is 17.2 Å². The molecule has 0 fully saturated rings.